The van der Waals surface area contributed by atoms with Gasteiger partial charge in [0.05, 0.1) is 0 Å². The smallest absolute Gasteiger partial charge is 0.0426 e. The largest absolute Gasteiger partial charge is 0.0836 e. The molecule has 0 N–H and O–H groups in total. The fraction of sp³-hybridized carbons (Fsp3) is 0.571. The Kier molecular flexibility index (Phi) is 4.39. The summed E-state index contributed by atoms with van der Waals surface area (Å²) in [6.45, 7) is 11.2. The first-order chi connectivity index (χ1) is 6.93. The zero-order chi connectivity index (χ0) is 11.6. The molecule has 84 valence electrons. The van der Waals surface area contributed by atoms with Gasteiger partial charge in [-0.1, -0.05) is 60.5 Å². The normalized spacial score (nSPS) is 15.4. The van der Waals surface area contributed by atoms with Gasteiger partial charge in [0.2, 0.25) is 0 Å². The average molecular weight is 269 g/mol. The Labute approximate surface area is 102 Å². The van der Waals surface area contributed by atoms with Crippen molar-refractivity contribution in [3.8, 4) is 0 Å². The molecule has 0 spiro atoms. The molecule has 1 aromatic rings. The topological polar surface area (TPSA) is 0 Å². The van der Waals surface area contributed by atoms with Crippen molar-refractivity contribution in [3.63, 3.8) is 0 Å². The van der Waals surface area contributed by atoms with E-state index in [0.717, 1.165) is 0 Å². The highest BCUT2D eigenvalue weighted by Gasteiger charge is 2.20. The van der Waals surface area contributed by atoms with E-state index in [1.165, 1.54) is 16.7 Å². The Morgan fingerprint density at radius 3 is 2.20 bits per heavy atom. The van der Waals surface area contributed by atoms with Crippen LogP contribution in [-0.2, 0) is 0 Å². The number of rotatable bonds is 3. The van der Waals surface area contributed by atoms with Crippen LogP contribution in [0.3, 0.4) is 0 Å². The molecule has 0 saturated carbocycles. The van der Waals surface area contributed by atoms with Gasteiger partial charge < -0.3 is 0 Å². The molecule has 0 fully saturated rings. The van der Waals surface area contributed by atoms with Gasteiger partial charge in [-0.2, -0.15) is 0 Å². The first kappa shape index (κ1) is 12.8. The lowest BCUT2D eigenvalue weighted by atomic mass is 9.88. The lowest BCUT2D eigenvalue weighted by Gasteiger charge is -2.24. The fourth-order valence-corrected chi connectivity index (χ4v) is 2.78. The van der Waals surface area contributed by atoms with Crippen LogP contribution in [0.5, 0.6) is 0 Å². The molecule has 1 rings (SSSR count). The standard InChI is InChI=1S/C14H21Br/c1-9(2)12(5)14(15)13-8-10(3)6-7-11(13)4/h6-9,12,14H,1-5H3. The Balaban J connectivity index is 2.99. The number of hydrogen-bond acceptors (Lipinski definition) is 0. The van der Waals surface area contributed by atoms with E-state index >= 15 is 0 Å². The summed E-state index contributed by atoms with van der Waals surface area (Å²) >= 11 is 3.84. The van der Waals surface area contributed by atoms with Gasteiger partial charge in [0, 0.05) is 4.83 Å². The third-order valence-electron chi connectivity index (χ3n) is 3.25. The molecule has 2 unspecified atom stereocenters. The summed E-state index contributed by atoms with van der Waals surface area (Å²) in [4.78, 5) is 0.470. The van der Waals surface area contributed by atoms with Crippen molar-refractivity contribution < 1.29 is 0 Å². The molecular formula is C14H21Br. The summed E-state index contributed by atoms with van der Waals surface area (Å²) in [5.74, 6) is 1.36. The van der Waals surface area contributed by atoms with E-state index in [1.54, 1.807) is 0 Å². The quantitative estimate of drug-likeness (QED) is 0.675. The van der Waals surface area contributed by atoms with Gasteiger partial charge in [-0.3, -0.25) is 0 Å². The van der Waals surface area contributed by atoms with Gasteiger partial charge in [0.15, 0.2) is 0 Å². The number of alkyl halides is 1. The number of aryl methyl sites for hydroxylation is 2. The van der Waals surface area contributed by atoms with Crippen molar-refractivity contribution in [2.75, 3.05) is 0 Å². The highest BCUT2D eigenvalue weighted by molar-refractivity contribution is 9.09. The van der Waals surface area contributed by atoms with E-state index in [9.17, 15) is 0 Å². The van der Waals surface area contributed by atoms with Gasteiger partial charge >= 0.3 is 0 Å². The lowest BCUT2D eigenvalue weighted by molar-refractivity contribution is 0.414. The molecular weight excluding hydrogens is 248 g/mol. The first-order valence-corrected chi connectivity index (χ1v) is 6.56. The van der Waals surface area contributed by atoms with Crippen LogP contribution in [0, 0.1) is 25.7 Å². The molecule has 1 heteroatoms. The van der Waals surface area contributed by atoms with Crippen molar-refractivity contribution in [1.29, 1.82) is 0 Å². The van der Waals surface area contributed by atoms with Crippen LogP contribution >= 0.6 is 15.9 Å². The predicted molar refractivity (Wildman–Crippen MR) is 71.6 cm³/mol. The summed E-state index contributed by atoms with van der Waals surface area (Å²) < 4.78 is 0. The molecule has 15 heavy (non-hydrogen) atoms. The second kappa shape index (κ2) is 5.16. The first-order valence-electron chi connectivity index (χ1n) is 5.64. The zero-order valence-corrected chi connectivity index (χ0v) is 11.9. The molecule has 0 heterocycles. The number of hydrogen-bond donors (Lipinski definition) is 0. The second-order valence-corrected chi connectivity index (χ2v) is 5.85. The van der Waals surface area contributed by atoms with E-state index in [4.69, 9.17) is 0 Å². The second-order valence-electron chi connectivity index (χ2n) is 4.86. The molecule has 0 amide bonds. The summed E-state index contributed by atoms with van der Waals surface area (Å²) in [6.07, 6.45) is 0. The van der Waals surface area contributed by atoms with Crippen molar-refractivity contribution in [2.45, 2.75) is 39.4 Å². The molecule has 0 aliphatic rings. The summed E-state index contributed by atoms with van der Waals surface area (Å²) in [5, 5.41) is 0. The molecule has 0 aliphatic carbocycles. The highest BCUT2D eigenvalue weighted by atomic mass is 79.9. The van der Waals surface area contributed by atoms with Crippen LogP contribution in [0.4, 0.5) is 0 Å². The van der Waals surface area contributed by atoms with Gasteiger partial charge in [0.25, 0.3) is 0 Å². The maximum Gasteiger partial charge on any atom is 0.0426 e. The zero-order valence-electron chi connectivity index (χ0n) is 10.3. The van der Waals surface area contributed by atoms with Crippen molar-refractivity contribution >= 4 is 15.9 Å². The molecule has 0 aromatic heterocycles. The Bertz CT molecular complexity index is 328. The van der Waals surface area contributed by atoms with E-state index in [2.05, 4.69) is 68.7 Å². The molecule has 0 bridgehead atoms. The SMILES string of the molecule is Cc1ccc(C)c(C(Br)C(C)C(C)C)c1. The van der Waals surface area contributed by atoms with Gasteiger partial charge in [-0.25, -0.2) is 0 Å². The van der Waals surface area contributed by atoms with E-state index in [-0.39, 0.29) is 0 Å². The maximum absolute atomic E-state index is 3.84. The Hall–Kier alpha value is -0.300. The van der Waals surface area contributed by atoms with E-state index < -0.39 is 0 Å². The summed E-state index contributed by atoms with van der Waals surface area (Å²) in [5.41, 5.74) is 4.17. The van der Waals surface area contributed by atoms with Crippen LogP contribution in [0.25, 0.3) is 0 Å². The average Bonchev–Trinajstić information content (AvgIpc) is 2.19. The maximum atomic E-state index is 3.84. The van der Waals surface area contributed by atoms with Crippen molar-refractivity contribution in [1.82, 2.24) is 0 Å². The van der Waals surface area contributed by atoms with Crippen LogP contribution in [0.15, 0.2) is 18.2 Å². The van der Waals surface area contributed by atoms with Gasteiger partial charge in [-0.15, -0.1) is 0 Å². The minimum absolute atomic E-state index is 0.470. The molecule has 1 aromatic carbocycles. The lowest BCUT2D eigenvalue weighted by Crippen LogP contribution is -2.11. The summed E-state index contributed by atoms with van der Waals surface area (Å²) in [6, 6.07) is 6.69. The van der Waals surface area contributed by atoms with E-state index in [0.29, 0.717) is 16.7 Å². The third-order valence-corrected chi connectivity index (χ3v) is 4.57. The molecule has 0 aliphatic heterocycles. The number of halogens is 1. The minimum atomic E-state index is 0.470. The van der Waals surface area contributed by atoms with Crippen LogP contribution in [-0.4, -0.2) is 0 Å². The molecule has 0 radical (unpaired) electrons. The third kappa shape index (κ3) is 3.07. The molecule has 2 atom stereocenters. The Morgan fingerprint density at radius 2 is 1.67 bits per heavy atom. The van der Waals surface area contributed by atoms with Crippen LogP contribution < -0.4 is 0 Å². The van der Waals surface area contributed by atoms with Crippen molar-refractivity contribution in [3.05, 3.63) is 34.9 Å². The van der Waals surface area contributed by atoms with E-state index in [1.807, 2.05) is 0 Å². The van der Waals surface area contributed by atoms with Crippen LogP contribution in [0.2, 0.25) is 0 Å². The van der Waals surface area contributed by atoms with Gasteiger partial charge in [0.1, 0.15) is 0 Å². The minimum Gasteiger partial charge on any atom is -0.0836 e. The fourth-order valence-electron chi connectivity index (χ4n) is 1.68. The molecule has 0 saturated heterocycles. The Morgan fingerprint density at radius 1 is 1.07 bits per heavy atom. The predicted octanol–water partition coefficient (Wildman–Crippen LogP) is 5.03. The monoisotopic (exact) mass is 268 g/mol. The number of benzene rings is 1. The summed E-state index contributed by atoms with van der Waals surface area (Å²) in [7, 11) is 0. The van der Waals surface area contributed by atoms with Crippen molar-refractivity contribution in [2.24, 2.45) is 11.8 Å². The highest BCUT2D eigenvalue weighted by Crippen LogP contribution is 2.37. The van der Waals surface area contributed by atoms with Gasteiger partial charge in [-0.05, 0) is 36.8 Å². The molecule has 0 nitrogen and oxygen atoms in total. The van der Waals surface area contributed by atoms with Crippen LogP contribution in [0.1, 0.15) is 42.3 Å².